The molecule has 0 amide bonds. The summed E-state index contributed by atoms with van der Waals surface area (Å²) in [4.78, 5) is 10.3. The molecule has 0 radical (unpaired) electrons. The molecule has 0 atom stereocenters. The normalized spacial score (nSPS) is 14.3. The second-order valence-electron chi connectivity index (χ2n) is 7.00. The lowest BCUT2D eigenvalue weighted by Crippen LogP contribution is -2.36. The van der Waals surface area contributed by atoms with Gasteiger partial charge < -0.3 is 10.0 Å². The first-order valence-electron chi connectivity index (χ1n) is 9.51. The number of aromatic nitrogens is 2. The summed E-state index contributed by atoms with van der Waals surface area (Å²) in [6, 6.07) is 5.72. The highest BCUT2D eigenvalue weighted by Gasteiger charge is 2.34. The number of pyridine rings is 1. The number of halogens is 4. The molecule has 1 aliphatic heterocycles. The highest BCUT2D eigenvalue weighted by Crippen LogP contribution is 2.37. The van der Waals surface area contributed by atoms with Gasteiger partial charge in [-0.1, -0.05) is 12.1 Å². The van der Waals surface area contributed by atoms with Crippen LogP contribution in [0.15, 0.2) is 46.4 Å². The van der Waals surface area contributed by atoms with E-state index in [0.717, 1.165) is 49.3 Å². The quantitative estimate of drug-likeness (QED) is 0.329. The van der Waals surface area contributed by atoms with Crippen LogP contribution in [0.5, 0.6) is 0 Å². The maximum atomic E-state index is 14.4. The van der Waals surface area contributed by atoms with E-state index in [1.165, 1.54) is 17.4 Å². The summed E-state index contributed by atoms with van der Waals surface area (Å²) in [5.74, 6) is 0.105. The Morgan fingerprint density at radius 3 is 2.71 bits per heavy atom. The summed E-state index contributed by atoms with van der Waals surface area (Å²) >= 11 is 2.31. The van der Waals surface area contributed by atoms with Gasteiger partial charge in [-0.25, -0.2) is 14.4 Å². The van der Waals surface area contributed by atoms with Crippen molar-refractivity contribution >= 4 is 34.8 Å². The van der Waals surface area contributed by atoms with E-state index in [4.69, 9.17) is 0 Å². The number of alkyl halides is 3. The number of hydrogen-bond acceptors (Lipinski definition) is 7. The Morgan fingerprint density at radius 1 is 1.19 bits per heavy atom. The molecule has 1 aromatic carbocycles. The number of thiazole rings is 1. The van der Waals surface area contributed by atoms with Gasteiger partial charge in [0.2, 0.25) is 0 Å². The van der Waals surface area contributed by atoms with Gasteiger partial charge in [0, 0.05) is 36.0 Å². The molecule has 0 bridgehead atoms. The SMILES string of the molecule is Fc1cccc(CN2CCC2)c1CNc1cnc(SNc2cscn2)cc1C(F)(F)F. The predicted molar refractivity (Wildman–Crippen MR) is 114 cm³/mol. The summed E-state index contributed by atoms with van der Waals surface area (Å²) in [6.07, 6.45) is -2.36. The zero-order valence-electron chi connectivity index (χ0n) is 16.2. The van der Waals surface area contributed by atoms with Crippen molar-refractivity contribution in [1.82, 2.24) is 14.9 Å². The Morgan fingerprint density at radius 2 is 2.03 bits per heavy atom. The lowest BCUT2D eigenvalue weighted by molar-refractivity contribution is -0.137. The molecule has 1 saturated heterocycles. The summed E-state index contributed by atoms with van der Waals surface area (Å²) in [7, 11) is 0. The first kappa shape index (κ1) is 21.8. The third-order valence-electron chi connectivity index (χ3n) is 4.89. The molecule has 1 aliphatic rings. The van der Waals surface area contributed by atoms with Gasteiger partial charge in [-0.05, 0) is 37.2 Å². The molecule has 0 aliphatic carbocycles. The maximum absolute atomic E-state index is 14.4. The van der Waals surface area contributed by atoms with Crippen molar-refractivity contribution in [3.63, 3.8) is 0 Å². The van der Waals surface area contributed by atoms with E-state index in [1.54, 1.807) is 17.0 Å². The third kappa shape index (κ3) is 5.46. The molecular weight excluding hydrogens is 450 g/mol. The molecular formula is C20H19F4N5S2. The van der Waals surface area contributed by atoms with Crippen molar-refractivity contribution in [2.75, 3.05) is 23.1 Å². The molecule has 5 nitrogen and oxygen atoms in total. The van der Waals surface area contributed by atoms with Crippen molar-refractivity contribution in [3.05, 3.63) is 63.9 Å². The Kier molecular flexibility index (Phi) is 6.63. The first-order valence-corrected chi connectivity index (χ1v) is 11.3. The van der Waals surface area contributed by atoms with E-state index < -0.39 is 17.6 Å². The van der Waals surface area contributed by atoms with E-state index in [0.29, 0.717) is 17.9 Å². The minimum atomic E-state index is -4.59. The van der Waals surface area contributed by atoms with Gasteiger partial charge in [-0.3, -0.25) is 4.90 Å². The van der Waals surface area contributed by atoms with Crippen LogP contribution in [-0.4, -0.2) is 28.0 Å². The smallest absolute Gasteiger partial charge is 0.379 e. The van der Waals surface area contributed by atoms with E-state index in [9.17, 15) is 17.6 Å². The molecule has 164 valence electrons. The summed E-state index contributed by atoms with van der Waals surface area (Å²) in [5.41, 5.74) is 1.71. The van der Waals surface area contributed by atoms with Crippen molar-refractivity contribution in [2.45, 2.75) is 30.7 Å². The number of likely N-dealkylation sites (tertiary alicyclic amines) is 1. The van der Waals surface area contributed by atoms with Gasteiger partial charge in [0.05, 0.1) is 23.0 Å². The van der Waals surface area contributed by atoms with Crippen LogP contribution in [-0.2, 0) is 19.3 Å². The van der Waals surface area contributed by atoms with Gasteiger partial charge in [0.15, 0.2) is 0 Å². The summed E-state index contributed by atoms with van der Waals surface area (Å²) < 4.78 is 58.3. The minimum Gasteiger partial charge on any atom is -0.379 e. The lowest BCUT2D eigenvalue weighted by Gasteiger charge is -2.31. The molecule has 31 heavy (non-hydrogen) atoms. The standard InChI is InChI=1S/C20H19F4N5S2/c21-16-4-1-3-13(10-29-5-2-6-29)14(16)8-25-17-9-26-19(7-15(17)20(22,23)24)31-28-18-11-30-12-27-18/h1,3-4,7,9,11-12,25,28H,2,5-6,8,10H2. The maximum Gasteiger partial charge on any atom is 0.418 e. The number of benzene rings is 1. The van der Waals surface area contributed by atoms with Crippen LogP contribution in [0.2, 0.25) is 0 Å². The van der Waals surface area contributed by atoms with Crippen LogP contribution in [0.4, 0.5) is 29.1 Å². The number of nitrogens with zero attached hydrogens (tertiary/aromatic N) is 3. The Balaban J connectivity index is 1.51. The molecule has 3 aromatic rings. The second-order valence-corrected chi connectivity index (χ2v) is 8.55. The lowest BCUT2D eigenvalue weighted by atomic mass is 10.0. The molecule has 2 N–H and O–H groups in total. The van der Waals surface area contributed by atoms with E-state index in [1.807, 2.05) is 6.07 Å². The number of hydrogen-bond donors (Lipinski definition) is 2. The molecule has 11 heteroatoms. The van der Waals surface area contributed by atoms with Crippen molar-refractivity contribution in [1.29, 1.82) is 0 Å². The van der Waals surface area contributed by atoms with Crippen molar-refractivity contribution in [2.24, 2.45) is 0 Å². The number of rotatable bonds is 8. The van der Waals surface area contributed by atoms with Crippen LogP contribution < -0.4 is 10.0 Å². The highest BCUT2D eigenvalue weighted by molar-refractivity contribution is 8.00. The van der Waals surface area contributed by atoms with Crippen LogP contribution in [0.3, 0.4) is 0 Å². The average molecular weight is 470 g/mol. The molecule has 0 spiro atoms. The summed E-state index contributed by atoms with van der Waals surface area (Å²) in [5, 5.41) is 4.63. The highest BCUT2D eigenvalue weighted by atomic mass is 32.2. The number of nitrogens with one attached hydrogen (secondary N) is 2. The Bertz CT molecular complexity index is 1020. The molecule has 0 saturated carbocycles. The second kappa shape index (κ2) is 9.41. The monoisotopic (exact) mass is 469 g/mol. The van der Waals surface area contributed by atoms with Crippen molar-refractivity contribution in [3.8, 4) is 0 Å². The summed E-state index contributed by atoms with van der Waals surface area (Å²) in [6.45, 7) is 2.40. The topological polar surface area (TPSA) is 53.1 Å². The van der Waals surface area contributed by atoms with Gasteiger partial charge in [-0.15, -0.1) is 11.3 Å². The fourth-order valence-corrected chi connectivity index (χ4v) is 4.31. The molecule has 3 heterocycles. The fraction of sp³-hybridized carbons (Fsp3) is 0.300. The van der Waals surface area contributed by atoms with Crippen molar-refractivity contribution < 1.29 is 17.6 Å². The van der Waals surface area contributed by atoms with Gasteiger partial charge in [-0.2, -0.15) is 13.2 Å². The molecule has 4 rings (SSSR count). The Hall–Kier alpha value is -2.37. The fourth-order valence-electron chi connectivity index (χ4n) is 3.15. The molecule has 1 fully saturated rings. The zero-order valence-corrected chi connectivity index (χ0v) is 17.9. The third-order valence-corrected chi connectivity index (χ3v) is 6.22. The predicted octanol–water partition coefficient (Wildman–Crippen LogP) is 5.63. The Labute approximate surface area is 185 Å². The minimum absolute atomic E-state index is 0.0653. The molecule has 0 unspecified atom stereocenters. The van der Waals surface area contributed by atoms with Crippen LogP contribution >= 0.6 is 23.3 Å². The largest absolute Gasteiger partial charge is 0.418 e. The van der Waals surface area contributed by atoms with Crippen LogP contribution in [0.25, 0.3) is 0 Å². The van der Waals surface area contributed by atoms with E-state index in [-0.39, 0.29) is 17.3 Å². The van der Waals surface area contributed by atoms with Gasteiger partial charge in [0.25, 0.3) is 0 Å². The van der Waals surface area contributed by atoms with Gasteiger partial charge >= 0.3 is 6.18 Å². The van der Waals surface area contributed by atoms with Gasteiger partial charge in [0.1, 0.15) is 16.7 Å². The molecule has 2 aromatic heterocycles. The average Bonchev–Trinajstić information content (AvgIpc) is 3.22. The van der Waals surface area contributed by atoms with E-state index >= 15 is 0 Å². The zero-order chi connectivity index (χ0) is 21.8. The van der Waals surface area contributed by atoms with Crippen LogP contribution in [0, 0.1) is 5.82 Å². The number of anilines is 2. The first-order chi connectivity index (χ1) is 14.9. The van der Waals surface area contributed by atoms with E-state index in [2.05, 4.69) is 24.9 Å². The van der Waals surface area contributed by atoms with Crippen LogP contribution in [0.1, 0.15) is 23.1 Å².